The van der Waals surface area contributed by atoms with Gasteiger partial charge in [0.1, 0.15) is 0 Å². The second-order valence-electron chi connectivity index (χ2n) is 3.74. The van der Waals surface area contributed by atoms with E-state index >= 15 is 0 Å². The zero-order valence-electron chi connectivity index (χ0n) is 8.68. The summed E-state index contributed by atoms with van der Waals surface area (Å²) in [6, 6.07) is 18.6. The highest BCUT2D eigenvalue weighted by Gasteiger charge is 2.05. The smallest absolute Gasteiger partial charge is 0.0401 e. The zero-order valence-corrected chi connectivity index (χ0v) is 9.50. The van der Waals surface area contributed by atoms with Crippen molar-refractivity contribution in [3.8, 4) is 10.4 Å². The molecule has 0 aliphatic carbocycles. The normalized spacial score (nSPS) is 10.8. The van der Waals surface area contributed by atoms with Crippen molar-refractivity contribution in [1.82, 2.24) is 0 Å². The lowest BCUT2D eigenvalue weighted by atomic mass is 10.1. The molecule has 0 bridgehead atoms. The van der Waals surface area contributed by atoms with Gasteiger partial charge in [-0.25, -0.2) is 0 Å². The molecular formula is C14H11NS. The third kappa shape index (κ3) is 1.48. The minimum absolute atomic E-state index is 0.842. The van der Waals surface area contributed by atoms with Gasteiger partial charge < -0.3 is 5.73 Å². The molecule has 0 atom stereocenters. The van der Waals surface area contributed by atoms with E-state index in [9.17, 15) is 0 Å². The lowest BCUT2D eigenvalue weighted by Crippen LogP contribution is -1.86. The Morgan fingerprint density at radius 1 is 0.875 bits per heavy atom. The molecule has 0 saturated carbocycles. The first-order valence-corrected chi connectivity index (χ1v) is 6.00. The standard InChI is InChI=1S/C14H11NS/c15-12-7-3-2-6-11(12)14-9-10-5-1-4-8-13(10)16-14/h1-9H,15H2. The molecule has 0 saturated heterocycles. The van der Waals surface area contributed by atoms with Crippen LogP contribution in [0.25, 0.3) is 20.5 Å². The van der Waals surface area contributed by atoms with Crippen molar-refractivity contribution in [1.29, 1.82) is 0 Å². The van der Waals surface area contributed by atoms with Gasteiger partial charge in [-0.05, 0) is 23.6 Å². The van der Waals surface area contributed by atoms with Gasteiger partial charge in [-0.3, -0.25) is 0 Å². The summed E-state index contributed by atoms with van der Waals surface area (Å²) < 4.78 is 1.31. The Morgan fingerprint density at radius 3 is 2.44 bits per heavy atom. The van der Waals surface area contributed by atoms with Crippen LogP contribution in [0.1, 0.15) is 0 Å². The molecule has 3 aromatic rings. The molecule has 16 heavy (non-hydrogen) atoms. The highest BCUT2D eigenvalue weighted by atomic mass is 32.1. The van der Waals surface area contributed by atoms with E-state index < -0.39 is 0 Å². The van der Waals surface area contributed by atoms with Gasteiger partial charge in [-0.2, -0.15) is 0 Å². The minimum Gasteiger partial charge on any atom is -0.398 e. The summed E-state index contributed by atoms with van der Waals surface area (Å²) in [6.07, 6.45) is 0. The van der Waals surface area contributed by atoms with Gasteiger partial charge in [0.15, 0.2) is 0 Å². The Morgan fingerprint density at radius 2 is 1.62 bits per heavy atom. The molecule has 2 N–H and O–H groups in total. The van der Waals surface area contributed by atoms with Crippen molar-refractivity contribution < 1.29 is 0 Å². The van der Waals surface area contributed by atoms with E-state index in [1.165, 1.54) is 15.0 Å². The predicted octanol–water partition coefficient (Wildman–Crippen LogP) is 4.15. The molecule has 78 valence electrons. The van der Waals surface area contributed by atoms with Crippen LogP contribution in [0.5, 0.6) is 0 Å². The molecule has 1 aromatic heterocycles. The summed E-state index contributed by atoms with van der Waals surface area (Å²) >= 11 is 1.78. The van der Waals surface area contributed by atoms with Crippen molar-refractivity contribution in [3.05, 3.63) is 54.6 Å². The van der Waals surface area contributed by atoms with E-state index in [1.807, 2.05) is 18.2 Å². The van der Waals surface area contributed by atoms with Crippen LogP contribution in [0.4, 0.5) is 5.69 Å². The maximum absolute atomic E-state index is 5.98. The number of anilines is 1. The zero-order chi connectivity index (χ0) is 11.0. The Balaban J connectivity index is 2.23. The van der Waals surface area contributed by atoms with Gasteiger partial charge in [0, 0.05) is 20.8 Å². The molecule has 1 heterocycles. The Bertz CT molecular complexity index is 607. The molecule has 0 aliphatic rings. The number of nitrogen functional groups attached to an aromatic ring is 1. The number of hydrogen-bond acceptors (Lipinski definition) is 2. The van der Waals surface area contributed by atoms with Crippen LogP contribution in [0.15, 0.2) is 54.6 Å². The molecule has 2 aromatic carbocycles. The van der Waals surface area contributed by atoms with Gasteiger partial charge in [0.25, 0.3) is 0 Å². The van der Waals surface area contributed by atoms with Crippen molar-refractivity contribution in [2.45, 2.75) is 0 Å². The van der Waals surface area contributed by atoms with Crippen molar-refractivity contribution in [2.24, 2.45) is 0 Å². The fourth-order valence-corrected chi connectivity index (χ4v) is 2.95. The molecule has 0 aliphatic heterocycles. The molecule has 0 radical (unpaired) electrons. The van der Waals surface area contributed by atoms with E-state index in [2.05, 4.69) is 36.4 Å². The summed E-state index contributed by atoms with van der Waals surface area (Å²) in [7, 11) is 0. The molecule has 0 spiro atoms. The van der Waals surface area contributed by atoms with Crippen LogP contribution >= 0.6 is 11.3 Å². The van der Waals surface area contributed by atoms with Crippen LogP contribution in [-0.4, -0.2) is 0 Å². The Kier molecular flexibility index (Phi) is 2.15. The van der Waals surface area contributed by atoms with Crippen molar-refractivity contribution in [3.63, 3.8) is 0 Å². The van der Waals surface area contributed by atoms with E-state index in [1.54, 1.807) is 11.3 Å². The maximum atomic E-state index is 5.98. The predicted molar refractivity (Wildman–Crippen MR) is 71.7 cm³/mol. The number of rotatable bonds is 1. The minimum atomic E-state index is 0.842. The van der Waals surface area contributed by atoms with E-state index in [0.29, 0.717) is 0 Å². The fraction of sp³-hybridized carbons (Fsp3) is 0. The number of thiophene rings is 1. The van der Waals surface area contributed by atoms with E-state index in [-0.39, 0.29) is 0 Å². The monoisotopic (exact) mass is 225 g/mol. The molecule has 2 heteroatoms. The van der Waals surface area contributed by atoms with Crippen LogP contribution in [0.2, 0.25) is 0 Å². The average Bonchev–Trinajstić information content (AvgIpc) is 2.73. The summed E-state index contributed by atoms with van der Waals surface area (Å²) in [5.74, 6) is 0. The molecule has 0 fully saturated rings. The van der Waals surface area contributed by atoms with Gasteiger partial charge in [0.05, 0.1) is 0 Å². The number of fused-ring (bicyclic) bond motifs is 1. The van der Waals surface area contributed by atoms with E-state index in [0.717, 1.165) is 11.3 Å². The Hall–Kier alpha value is -1.80. The highest BCUT2D eigenvalue weighted by Crippen LogP contribution is 2.35. The fourth-order valence-electron chi connectivity index (χ4n) is 1.84. The molecule has 3 rings (SSSR count). The van der Waals surface area contributed by atoms with Gasteiger partial charge in [0.2, 0.25) is 0 Å². The van der Waals surface area contributed by atoms with Gasteiger partial charge in [-0.1, -0.05) is 36.4 Å². The second kappa shape index (κ2) is 3.65. The van der Waals surface area contributed by atoms with Gasteiger partial charge >= 0.3 is 0 Å². The number of hydrogen-bond donors (Lipinski definition) is 1. The van der Waals surface area contributed by atoms with Crippen LogP contribution in [0, 0.1) is 0 Å². The number of benzene rings is 2. The third-order valence-electron chi connectivity index (χ3n) is 2.65. The number of para-hydroxylation sites is 1. The topological polar surface area (TPSA) is 26.0 Å². The van der Waals surface area contributed by atoms with Crippen LogP contribution < -0.4 is 5.73 Å². The number of nitrogens with two attached hydrogens (primary N) is 1. The molecular weight excluding hydrogens is 214 g/mol. The SMILES string of the molecule is Nc1ccccc1-c1cc2ccccc2s1. The second-order valence-corrected chi connectivity index (χ2v) is 4.82. The summed E-state index contributed by atoms with van der Waals surface area (Å²) in [4.78, 5) is 1.24. The lowest BCUT2D eigenvalue weighted by Gasteiger charge is -2.00. The molecule has 1 nitrogen and oxygen atoms in total. The van der Waals surface area contributed by atoms with Crippen LogP contribution in [-0.2, 0) is 0 Å². The highest BCUT2D eigenvalue weighted by molar-refractivity contribution is 7.22. The lowest BCUT2D eigenvalue weighted by molar-refractivity contribution is 1.68. The Labute approximate surface area is 98.2 Å². The van der Waals surface area contributed by atoms with Crippen LogP contribution in [0.3, 0.4) is 0 Å². The summed E-state index contributed by atoms with van der Waals surface area (Å²) in [6.45, 7) is 0. The van der Waals surface area contributed by atoms with Crippen molar-refractivity contribution >= 4 is 27.1 Å². The molecule has 0 unspecified atom stereocenters. The first-order valence-electron chi connectivity index (χ1n) is 5.18. The van der Waals surface area contributed by atoms with E-state index in [4.69, 9.17) is 5.73 Å². The maximum Gasteiger partial charge on any atom is 0.0401 e. The summed E-state index contributed by atoms with van der Waals surface area (Å²) in [5, 5.41) is 1.28. The van der Waals surface area contributed by atoms with Gasteiger partial charge in [-0.15, -0.1) is 11.3 Å². The largest absolute Gasteiger partial charge is 0.398 e. The quantitative estimate of drug-likeness (QED) is 0.618. The summed E-state index contributed by atoms with van der Waals surface area (Å²) in [5.41, 5.74) is 7.95. The first kappa shape index (κ1) is 9.43. The first-order chi connectivity index (χ1) is 7.84. The third-order valence-corrected chi connectivity index (χ3v) is 3.80. The van der Waals surface area contributed by atoms with Crippen molar-refractivity contribution in [2.75, 3.05) is 5.73 Å². The molecule has 0 amide bonds. The average molecular weight is 225 g/mol.